The van der Waals surface area contributed by atoms with Crippen molar-refractivity contribution in [1.29, 1.82) is 5.41 Å². The monoisotopic (exact) mass is 157 g/mol. The summed E-state index contributed by atoms with van der Waals surface area (Å²) >= 11 is 0. The van der Waals surface area contributed by atoms with E-state index in [1.54, 1.807) is 0 Å². The maximum atomic E-state index is 7.50. The first-order valence-corrected chi connectivity index (χ1v) is 4.11. The summed E-state index contributed by atoms with van der Waals surface area (Å²) in [4.78, 5) is 0. The molecule has 1 aliphatic rings. The molecule has 0 aliphatic heterocycles. The van der Waals surface area contributed by atoms with Crippen LogP contribution in [-0.4, -0.2) is 5.71 Å². The minimum Gasteiger partial charge on any atom is -0.305 e. The van der Waals surface area contributed by atoms with Crippen LogP contribution >= 0.6 is 0 Å². The highest BCUT2D eigenvalue weighted by molar-refractivity contribution is 6.02. The Labute approximate surface area is 72.2 Å². The van der Waals surface area contributed by atoms with Gasteiger partial charge in [0.1, 0.15) is 0 Å². The minimum atomic E-state index is 0.686. The van der Waals surface area contributed by atoms with Gasteiger partial charge in [-0.1, -0.05) is 24.3 Å². The highest BCUT2D eigenvalue weighted by Crippen LogP contribution is 2.24. The molecule has 0 unspecified atom stereocenters. The zero-order valence-corrected chi connectivity index (χ0v) is 7.09. The molecule has 1 aliphatic carbocycles. The lowest BCUT2D eigenvalue weighted by Gasteiger charge is -1.96. The van der Waals surface area contributed by atoms with Gasteiger partial charge in [-0.15, -0.1) is 0 Å². The van der Waals surface area contributed by atoms with Crippen LogP contribution in [-0.2, 0) is 6.42 Å². The Morgan fingerprint density at radius 3 is 2.75 bits per heavy atom. The number of allylic oxidation sites excluding steroid dienone is 1. The second kappa shape index (κ2) is 2.59. The van der Waals surface area contributed by atoms with Crippen molar-refractivity contribution in [2.75, 3.05) is 0 Å². The Balaban J connectivity index is 2.41. The summed E-state index contributed by atoms with van der Waals surface area (Å²) in [5.74, 6) is 0. The van der Waals surface area contributed by atoms with E-state index in [0.29, 0.717) is 5.71 Å². The van der Waals surface area contributed by atoms with Crippen molar-refractivity contribution in [3.05, 3.63) is 41.0 Å². The second-order valence-corrected chi connectivity index (χ2v) is 3.17. The van der Waals surface area contributed by atoms with Crippen LogP contribution in [0.25, 0.3) is 6.08 Å². The van der Waals surface area contributed by atoms with E-state index in [-0.39, 0.29) is 0 Å². The lowest BCUT2D eigenvalue weighted by molar-refractivity contribution is 1.25. The molecule has 0 saturated carbocycles. The number of hydrogen-bond donors (Lipinski definition) is 1. The summed E-state index contributed by atoms with van der Waals surface area (Å²) in [7, 11) is 0. The first-order valence-electron chi connectivity index (χ1n) is 4.11. The Kier molecular flexibility index (Phi) is 1.58. The molecule has 0 amide bonds. The molecule has 0 heterocycles. The largest absolute Gasteiger partial charge is 0.305 e. The molecule has 0 spiro atoms. The zero-order valence-electron chi connectivity index (χ0n) is 7.09. The van der Waals surface area contributed by atoms with Crippen LogP contribution in [0.5, 0.6) is 0 Å². The molecule has 0 fully saturated rings. The molecule has 60 valence electrons. The third-order valence-electron chi connectivity index (χ3n) is 2.25. The smallest absolute Gasteiger partial charge is 0.0318 e. The van der Waals surface area contributed by atoms with E-state index in [2.05, 4.69) is 24.3 Å². The molecule has 1 N–H and O–H groups in total. The maximum Gasteiger partial charge on any atom is 0.0318 e. The predicted molar refractivity (Wildman–Crippen MR) is 51.5 cm³/mol. The van der Waals surface area contributed by atoms with E-state index >= 15 is 0 Å². The summed E-state index contributed by atoms with van der Waals surface area (Å²) in [6.07, 6.45) is 3.04. The standard InChI is InChI=1S/C11H11N/c1-8(12)11-6-9-4-2-3-5-10(9)7-11/h2-6,12H,7H2,1H3. The third-order valence-corrected chi connectivity index (χ3v) is 2.25. The van der Waals surface area contributed by atoms with Crippen molar-refractivity contribution in [2.45, 2.75) is 13.3 Å². The van der Waals surface area contributed by atoms with Crippen molar-refractivity contribution >= 4 is 11.8 Å². The normalized spacial score (nSPS) is 13.9. The molecule has 1 aromatic rings. The van der Waals surface area contributed by atoms with Gasteiger partial charge in [-0.25, -0.2) is 0 Å². The van der Waals surface area contributed by atoms with Gasteiger partial charge in [0.2, 0.25) is 0 Å². The van der Waals surface area contributed by atoms with Crippen LogP contribution in [0.4, 0.5) is 0 Å². The van der Waals surface area contributed by atoms with E-state index in [1.165, 1.54) is 11.1 Å². The van der Waals surface area contributed by atoms with E-state index in [4.69, 9.17) is 5.41 Å². The lowest BCUT2D eigenvalue weighted by atomic mass is 10.1. The molecule has 0 bridgehead atoms. The van der Waals surface area contributed by atoms with Crippen LogP contribution in [0.2, 0.25) is 0 Å². The van der Waals surface area contributed by atoms with Crippen LogP contribution in [0, 0.1) is 5.41 Å². The Morgan fingerprint density at radius 2 is 2.08 bits per heavy atom. The fraction of sp³-hybridized carbons (Fsp3) is 0.182. The summed E-state index contributed by atoms with van der Waals surface area (Å²) in [6.45, 7) is 1.84. The van der Waals surface area contributed by atoms with Gasteiger partial charge < -0.3 is 5.41 Å². The Hall–Kier alpha value is -1.37. The highest BCUT2D eigenvalue weighted by Gasteiger charge is 2.12. The SMILES string of the molecule is CC(=N)C1=Cc2ccccc2C1. The van der Waals surface area contributed by atoms with Crippen LogP contribution in [0.15, 0.2) is 29.8 Å². The van der Waals surface area contributed by atoms with Crippen LogP contribution in [0.1, 0.15) is 18.1 Å². The van der Waals surface area contributed by atoms with Crippen molar-refractivity contribution in [3.8, 4) is 0 Å². The lowest BCUT2D eigenvalue weighted by Crippen LogP contribution is -1.93. The Bertz CT molecular complexity index is 361. The van der Waals surface area contributed by atoms with E-state index in [0.717, 1.165) is 12.0 Å². The van der Waals surface area contributed by atoms with Crippen molar-refractivity contribution in [3.63, 3.8) is 0 Å². The van der Waals surface area contributed by atoms with Gasteiger partial charge in [0, 0.05) is 5.71 Å². The summed E-state index contributed by atoms with van der Waals surface area (Å²) in [6, 6.07) is 8.32. The molecule has 1 nitrogen and oxygen atoms in total. The van der Waals surface area contributed by atoms with E-state index < -0.39 is 0 Å². The molecule has 0 aromatic heterocycles. The summed E-state index contributed by atoms with van der Waals surface area (Å²) < 4.78 is 0. The highest BCUT2D eigenvalue weighted by atomic mass is 14.4. The number of fused-ring (bicyclic) bond motifs is 1. The van der Waals surface area contributed by atoms with Crippen molar-refractivity contribution < 1.29 is 0 Å². The summed E-state index contributed by atoms with van der Waals surface area (Å²) in [5.41, 5.74) is 4.46. The molecule has 2 rings (SSSR count). The van der Waals surface area contributed by atoms with Crippen LogP contribution in [0.3, 0.4) is 0 Å². The average molecular weight is 157 g/mol. The van der Waals surface area contributed by atoms with Crippen molar-refractivity contribution in [2.24, 2.45) is 0 Å². The fourth-order valence-electron chi connectivity index (χ4n) is 1.52. The van der Waals surface area contributed by atoms with Gasteiger partial charge in [0.05, 0.1) is 0 Å². The first kappa shape index (κ1) is 7.29. The molecule has 0 saturated heterocycles. The maximum absolute atomic E-state index is 7.50. The van der Waals surface area contributed by atoms with Gasteiger partial charge in [-0.3, -0.25) is 0 Å². The molecule has 1 heteroatoms. The van der Waals surface area contributed by atoms with Gasteiger partial charge in [0.25, 0.3) is 0 Å². The molecule has 0 atom stereocenters. The molecular formula is C11H11N. The predicted octanol–water partition coefficient (Wildman–Crippen LogP) is 2.67. The molecule has 12 heavy (non-hydrogen) atoms. The van der Waals surface area contributed by atoms with Gasteiger partial charge in [-0.2, -0.15) is 0 Å². The number of nitrogens with one attached hydrogen (secondary N) is 1. The fourth-order valence-corrected chi connectivity index (χ4v) is 1.52. The van der Waals surface area contributed by atoms with E-state index in [1.807, 2.05) is 13.0 Å². The molecule has 0 radical (unpaired) electrons. The second-order valence-electron chi connectivity index (χ2n) is 3.17. The van der Waals surface area contributed by atoms with Gasteiger partial charge in [-0.05, 0) is 36.1 Å². The number of hydrogen-bond acceptors (Lipinski definition) is 1. The quantitative estimate of drug-likeness (QED) is 0.606. The van der Waals surface area contributed by atoms with Crippen LogP contribution < -0.4 is 0 Å². The van der Waals surface area contributed by atoms with Gasteiger partial charge in [0.15, 0.2) is 0 Å². The topological polar surface area (TPSA) is 23.9 Å². The minimum absolute atomic E-state index is 0.686. The van der Waals surface area contributed by atoms with Gasteiger partial charge >= 0.3 is 0 Å². The number of rotatable bonds is 1. The average Bonchev–Trinajstić information content (AvgIpc) is 2.46. The van der Waals surface area contributed by atoms with E-state index in [9.17, 15) is 0 Å². The zero-order chi connectivity index (χ0) is 8.55. The summed E-state index contributed by atoms with van der Waals surface area (Å²) in [5, 5.41) is 7.50. The third kappa shape index (κ3) is 1.07. The van der Waals surface area contributed by atoms with Crippen molar-refractivity contribution in [1.82, 2.24) is 0 Å². The molecular weight excluding hydrogens is 146 g/mol. The first-order chi connectivity index (χ1) is 5.77. The number of benzene rings is 1. The molecule has 1 aromatic carbocycles. The Morgan fingerprint density at radius 1 is 1.33 bits per heavy atom.